The summed E-state index contributed by atoms with van der Waals surface area (Å²) in [5.74, 6) is -2.31. The Hall–Kier alpha value is -1.00. The molecule has 0 bridgehead atoms. The number of methoxy groups -OCH3 is 1. The summed E-state index contributed by atoms with van der Waals surface area (Å²) in [6.45, 7) is -0.693. The van der Waals surface area contributed by atoms with Gasteiger partial charge in [0.2, 0.25) is 0 Å². The third-order valence-electron chi connectivity index (χ3n) is 2.00. The molecule has 1 rings (SSSR count). The minimum atomic E-state index is -4.35. The molecular weight excluding hydrogens is 377 g/mol. The average molecular weight is 387 g/mol. The number of aliphatic carboxylic acids is 1. The fourth-order valence-corrected chi connectivity index (χ4v) is 1.71. The molecule has 0 aromatic heterocycles. The van der Waals surface area contributed by atoms with Crippen molar-refractivity contribution in [1.82, 2.24) is 0 Å². The molecule has 0 amide bonds. The molecule has 106 valence electrons. The van der Waals surface area contributed by atoms with Crippen LogP contribution in [0.25, 0.3) is 0 Å². The van der Waals surface area contributed by atoms with E-state index in [1.165, 1.54) is 13.2 Å². The Balaban J connectivity index is 2.81. The van der Waals surface area contributed by atoms with Crippen molar-refractivity contribution < 1.29 is 32.9 Å². The highest BCUT2D eigenvalue weighted by atomic mass is 127. The van der Waals surface area contributed by atoms with Crippen LogP contribution in [0.2, 0.25) is 0 Å². The molecule has 0 heterocycles. The molecule has 0 atom stereocenters. The van der Waals surface area contributed by atoms with Gasteiger partial charge in [-0.25, -0.2) is 0 Å². The summed E-state index contributed by atoms with van der Waals surface area (Å²) in [5.41, 5.74) is 0.282. The van der Waals surface area contributed by atoms with Crippen molar-refractivity contribution in [3.8, 4) is 5.75 Å². The number of hydrogen-bond donors (Lipinski definition) is 0. The van der Waals surface area contributed by atoms with Gasteiger partial charge in [-0.15, -0.1) is 0 Å². The van der Waals surface area contributed by atoms with Gasteiger partial charge in [-0.05, 0) is 40.8 Å². The maximum Gasteiger partial charge on any atom is 0.397 e. The standard InChI is InChI=1S/C11H11F2IO5/c1-17-6-18-9-3-2-8(14)4-7(9)5-19-11(12,13)10(15)16/h2-4H,5-6H2,1H3,(H,15,16)/p-1. The third kappa shape index (κ3) is 4.88. The second-order valence-corrected chi connectivity index (χ2v) is 4.64. The van der Waals surface area contributed by atoms with Crippen LogP contribution in [0.4, 0.5) is 8.78 Å². The number of hydrogen-bond acceptors (Lipinski definition) is 5. The van der Waals surface area contributed by atoms with Crippen molar-refractivity contribution in [2.24, 2.45) is 0 Å². The lowest BCUT2D eigenvalue weighted by molar-refractivity contribution is -0.364. The second kappa shape index (κ2) is 6.96. The number of ether oxygens (including phenoxy) is 3. The maximum atomic E-state index is 12.8. The quantitative estimate of drug-likeness (QED) is 0.519. The number of carbonyl (C=O) groups excluding carboxylic acids is 1. The molecule has 0 unspecified atom stereocenters. The first kappa shape index (κ1) is 16.1. The molecule has 5 nitrogen and oxygen atoms in total. The van der Waals surface area contributed by atoms with Gasteiger partial charge in [0.25, 0.3) is 0 Å². The summed E-state index contributed by atoms with van der Waals surface area (Å²) in [6.07, 6.45) is -4.35. The van der Waals surface area contributed by atoms with Gasteiger partial charge in [-0.3, -0.25) is 0 Å². The minimum Gasteiger partial charge on any atom is -0.542 e. The molecule has 0 aliphatic rings. The van der Waals surface area contributed by atoms with Crippen molar-refractivity contribution in [1.29, 1.82) is 0 Å². The Morgan fingerprint density at radius 2 is 2.16 bits per heavy atom. The summed E-state index contributed by atoms with van der Waals surface area (Å²) < 4.78 is 40.2. The van der Waals surface area contributed by atoms with E-state index in [2.05, 4.69) is 4.74 Å². The SMILES string of the molecule is COCOc1ccc(I)cc1COC(F)(F)C(=O)[O-]. The molecule has 0 spiro atoms. The van der Waals surface area contributed by atoms with Crippen LogP contribution in [0.5, 0.6) is 5.75 Å². The molecule has 1 aromatic carbocycles. The van der Waals surface area contributed by atoms with Gasteiger partial charge >= 0.3 is 6.11 Å². The van der Waals surface area contributed by atoms with Gasteiger partial charge in [-0.1, -0.05) is 0 Å². The molecule has 0 fully saturated rings. The molecular formula is C11H10F2IO5-. The Morgan fingerprint density at radius 1 is 1.47 bits per heavy atom. The van der Waals surface area contributed by atoms with Crippen LogP contribution in [-0.2, 0) is 20.9 Å². The predicted molar refractivity (Wildman–Crippen MR) is 66.4 cm³/mol. The molecule has 19 heavy (non-hydrogen) atoms. The second-order valence-electron chi connectivity index (χ2n) is 3.40. The van der Waals surface area contributed by atoms with Crippen LogP contribution in [-0.4, -0.2) is 26.0 Å². The zero-order chi connectivity index (χ0) is 14.5. The van der Waals surface area contributed by atoms with Crippen molar-refractivity contribution in [2.75, 3.05) is 13.9 Å². The van der Waals surface area contributed by atoms with E-state index in [0.29, 0.717) is 0 Å². The van der Waals surface area contributed by atoms with Crippen molar-refractivity contribution in [2.45, 2.75) is 12.7 Å². The third-order valence-corrected chi connectivity index (χ3v) is 2.67. The van der Waals surface area contributed by atoms with Gasteiger partial charge in [0.05, 0.1) is 6.61 Å². The van der Waals surface area contributed by atoms with E-state index in [9.17, 15) is 18.7 Å². The molecule has 1 aromatic rings. The number of benzene rings is 1. The fraction of sp³-hybridized carbons (Fsp3) is 0.364. The smallest absolute Gasteiger partial charge is 0.397 e. The van der Waals surface area contributed by atoms with Gasteiger partial charge in [0.15, 0.2) is 6.79 Å². The first-order valence-corrected chi connectivity index (χ1v) is 6.08. The van der Waals surface area contributed by atoms with Gasteiger partial charge in [0.1, 0.15) is 11.7 Å². The van der Waals surface area contributed by atoms with Crippen LogP contribution in [0.1, 0.15) is 5.56 Å². The number of alkyl halides is 2. The number of rotatable bonds is 7. The van der Waals surface area contributed by atoms with Crippen LogP contribution in [0.3, 0.4) is 0 Å². The maximum absolute atomic E-state index is 12.8. The predicted octanol–water partition coefficient (Wildman–Crippen LogP) is 1.13. The summed E-state index contributed by atoms with van der Waals surface area (Å²) in [5, 5.41) is 10.1. The van der Waals surface area contributed by atoms with E-state index in [0.717, 1.165) is 3.57 Å². The van der Waals surface area contributed by atoms with Crippen molar-refractivity contribution >= 4 is 28.6 Å². The number of halogens is 3. The molecule has 0 aliphatic carbocycles. The highest BCUT2D eigenvalue weighted by Gasteiger charge is 2.32. The zero-order valence-corrected chi connectivity index (χ0v) is 12.0. The number of carboxylic acid groups (broad SMARTS) is 1. The van der Waals surface area contributed by atoms with E-state index < -0.39 is 18.7 Å². The Bertz CT molecular complexity index is 453. The molecule has 0 saturated heterocycles. The fourth-order valence-electron chi connectivity index (χ4n) is 1.15. The van der Waals surface area contributed by atoms with E-state index in [1.807, 2.05) is 22.6 Å². The first-order valence-electron chi connectivity index (χ1n) is 5.00. The van der Waals surface area contributed by atoms with Crippen LogP contribution < -0.4 is 9.84 Å². The van der Waals surface area contributed by atoms with Crippen LogP contribution in [0.15, 0.2) is 18.2 Å². The zero-order valence-electron chi connectivity index (χ0n) is 9.82. The van der Waals surface area contributed by atoms with Crippen LogP contribution in [0, 0.1) is 3.57 Å². The van der Waals surface area contributed by atoms with Crippen molar-refractivity contribution in [3.63, 3.8) is 0 Å². The van der Waals surface area contributed by atoms with Gasteiger partial charge in [-0.2, -0.15) is 8.78 Å². The van der Waals surface area contributed by atoms with Gasteiger partial charge < -0.3 is 24.1 Å². The lowest BCUT2D eigenvalue weighted by Gasteiger charge is -2.18. The Kier molecular flexibility index (Phi) is 5.88. The summed E-state index contributed by atoms with van der Waals surface area (Å²) in [7, 11) is 1.41. The van der Waals surface area contributed by atoms with Crippen LogP contribution >= 0.6 is 22.6 Å². The van der Waals surface area contributed by atoms with E-state index in [1.54, 1.807) is 12.1 Å². The number of carbonyl (C=O) groups is 1. The normalized spacial score (nSPS) is 11.4. The lowest BCUT2D eigenvalue weighted by Crippen LogP contribution is -2.43. The largest absolute Gasteiger partial charge is 0.542 e. The highest BCUT2D eigenvalue weighted by molar-refractivity contribution is 14.1. The minimum absolute atomic E-state index is 0.0650. The van der Waals surface area contributed by atoms with E-state index in [4.69, 9.17) is 9.47 Å². The molecule has 0 radical (unpaired) electrons. The van der Waals surface area contributed by atoms with E-state index >= 15 is 0 Å². The van der Waals surface area contributed by atoms with E-state index in [-0.39, 0.29) is 18.1 Å². The molecule has 8 heteroatoms. The monoisotopic (exact) mass is 387 g/mol. The molecule has 0 saturated carbocycles. The Morgan fingerprint density at radius 3 is 2.74 bits per heavy atom. The highest BCUT2D eigenvalue weighted by Crippen LogP contribution is 2.25. The molecule has 0 N–H and O–H groups in total. The van der Waals surface area contributed by atoms with Crippen molar-refractivity contribution in [3.05, 3.63) is 27.3 Å². The lowest BCUT2D eigenvalue weighted by atomic mass is 10.2. The Labute approximate surface area is 121 Å². The summed E-state index contributed by atoms with van der Waals surface area (Å²) >= 11 is 1.98. The van der Waals surface area contributed by atoms with Gasteiger partial charge in [0, 0.05) is 16.2 Å². The summed E-state index contributed by atoms with van der Waals surface area (Å²) in [6, 6.07) is 4.79. The summed E-state index contributed by atoms with van der Waals surface area (Å²) in [4.78, 5) is 10.1. The molecule has 0 aliphatic heterocycles. The number of carboxylic acids is 1. The topological polar surface area (TPSA) is 67.8 Å². The first-order chi connectivity index (χ1) is 8.86. The average Bonchev–Trinajstić information content (AvgIpc) is 2.35.